The van der Waals surface area contributed by atoms with Gasteiger partial charge in [-0.1, -0.05) is 23.3 Å². The van der Waals surface area contributed by atoms with Crippen molar-refractivity contribution in [2.45, 2.75) is 33.6 Å². The average molecular weight is 330 g/mol. The maximum absolute atomic E-state index is 11.5. The number of allylic oxidation sites excluding steroid dienone is 3. The van der Waals surface area contributed by atoms with Gasteiger partial charge in [0.05, 0.1) is 5.39 Å². The molecular weight excluding hydrogens is 308 g/mol. The summed E-state index contributed by atoms with van der Waals surface area (Å²) in [5.41, 5.74) is 1.63. The molecule has 0 aliphatic heterocycles. The van der Waals surface area contributed by atoms with Gasteiger partial charge in [0.2, 0.25) is 5.75 Å². The van der Waals surface area contributed by atoms with Crippen molar-refractivity contribution in [1.29, 1.82) is 0 Å². The van der Waals surface area contributed by atoms with Crippen LogP contribution >= 0.6 is 0 Å². The largest absolute Gasteiger partial charge is 0.504 e. The van der Waals surface area contributed by atoms with Crippen molar-refractivity contribution in [3.05, 3.63) is 51.9 Å². The minimum atomic E-state index is -0.996. The molecule has 0 saturated heterocycles. The summed E-state index contributed by atoms with van der Waals surface area (Å²) in [5.74, 6) is -0.956. The van der Waals surface area contributed by atoms with Crippen molar-refractivity contribution in [2.75, 3.05) is 6.61 Å². The molecule has 0 bridgehead atoms. The van der Waals surface area contributed by atoms with Crippen molar-refractivity contribution in [2.24, 2.45) is 0 Å². The van der Waals surface area contributed by atoms with Crippen molar-refractivity contribution in [1.82, 2.24) is 0 Å². The molecular formula is C19H22O5. The zero-order valence-corrected chi connectivity index (χ0v) is 14.1. The van der Waals surface area contributed by atoms with Crippen LogP contribution in [0.3, 0.4) is 0 Å². The van der Waals surface area contributed by atoms with Gasteiger partial charge in [0.15, 0.2) is 17.1 Å². The van der Waals surface area contributed by atoms with E-state index in [1.54, 1.807) is 18.2 Å². The molecule has 0 spiro atoms. The summed E-state index contributed by atoms with van der Waals surface area (Å²) in [5, 5.41) is 19.5. The molecule has 5 heteroatoms. The Balaban J connectivity index is 2.14. The van der Waals surface area contributed by atoms with E-state index in [4.69, 9.17) is 9.15 Å². The van der Waals surface area contributed by atoms with Crippen LogP contribution in [0.25, 0.3) is 11.0 Å². The first kappa shape index (κ1) is 17.7. The Hall–Kier alpha value is -2.69. The first-order valence-corrected chi connectivity index (χ1v) is 7.79. The number of hydrogen-bond acceptors (Lipinski definition) is 5. The lowest BCUT2D eigenvalue weighted by Gasteiger charge is -2.08. The number of fused-ring (bicyclic) bond motifs is 1. The highest BCUT2D eigenvalue weighted by Crippen LogP contribution is 2.34. The van der Waals surface area contributed by atoms with Crippen LogP contribution in [-0.2, 0) is 0 Å². The molecule has 0 radical (unpaired) electrons. The molecule has 1 aromatic carbocycles. The minimum absolute atomic E-state index is 0.119. The Morgan fingerprint density at radius 3 is 2.62 bits per heavy atom. The number of ether oxygens (including phenoxy) is 1. The molecule has 2 aromatic rings. The predicted octanol–water partition coefficient (Wildman–Crippen LogP) is 4.28. The van der Waals surface area contributed by atoms with Gasteiger partial charge in [0, 0.05) is 0 Å². The number of hydrogen-bond donors (Lipinski definition) is 2. The molecule has 128 valence electrons. The van der Waals surface area contributed by atoms with Crippen LogP contribution in [0.15, 0.2) is 50.7 Å². The van der Waals surface area contributed by atoms with Gasteiger partial charge in [-0.25, -0.2) is 4.79 Å². The lowest BCUT2D eigenvalue weighted by Crippen LogP contribution is -2.01. The normalized spacial score (nSPS) is 11.5. The SMILES string of the molecule is CC(C)=CCCC(C)=CCOc1cccc2c(O)c(O)c(=O)oc12. The van der Waals surface area contributed by atoms with Crippen LogP contribution in [0.1, 0.15) is 33.6 Å². The van der Waals surface area contributed by atoms with Gasteiger partial charge in [0.25, 0.3) is 0 Å². The predicted molar refractivity (Wildman–Crippen MR) is 93.7 cm³/mol. The highest BCUT2D eigenvalue weighted by atomic mass is 16.5. The van der Waals surface area contributed by atoms with E-state index in [0.29, 0.717) is 12.4 Å². The topological polar surface area (TPSA) is 79.9 Å². The van der Waals surface area contributed by atoms with Crippen LogP contribution in [0, 0.1) is 0 Å². The van der Waals surface area contributed by atoms with Crippen molar-refractivity contribution in [3.8, 4) is 17.2 Å². The van der Waals surface area contributed by atoms with Crippen molar-refractivity contribution in [3.63, 3.8) is 0 Å². The second-order valence-electron chi connectivity index (χ2n) is 5.90. The fourth-order valence-corrected chi connectivity index (χ4v) is 2.25. The summed E-state index contributed by atoms with van der Waals surface area (Å²) >= 11 is 0. The first-order valence-electron chi connectivity index (χ1n) is 7.79. The Labute approximate surface area is 140 Å². The monoisotopic (exact) mass is 330 g/mol. The summed E-state index contributed by atoms with van der Waals surface area (Å²) < 4.78 is 10.7. The number of para-hydroxylation sites is 1. The second-order valence-corrected chi connectivity index (χ2v) is 5.90. The summed E-state index contributed by atoms with van der Waals surface area (Å²) in [6.07, 6.45) is 6.09. The lowest BCUT2D eigenvalue weighted by molar-refractivity contribution is 0.349. The van der Waals surface area contributed by atoms with Crippen molar-refractivity contribution < 1.29 is 19.4 Å². The van der Waals surface area contributed by atoms with E-state index in [1.807, 2.05) is 13.0 Å². The molecule has 1 aromatic heterocycles. The Bertz CT molecular complexity index is 839. The maximum Gasteiger partial charge on any atom is 0.382 e. The minimum Gasteiger partial charge on any atom is -0.504 e. The second kappa shape index (κ2) is 7.73. The number of benzene rings is 1. The molecule has 0 fully saturated rings. The standard InChI is InChI=1S/C19H22O5/c1-12(2)6-4-7-13(3)10-11-23-15-9-5-8-14-16(20)17(21)19(22)24-18(14)15/h5-6,8-10,20-21H,4,7,11H2,1-3H3. The molecule has 2 N–H and O–H groups in total. The Kier molecular flexibility index (Phi) is 5.68. The van der Waals surface area contributed by atoms with Gasteiger partial charge in [0.1, 0.15) is 6.61 Å². The van der Waals surface area contributed by atoms with Gasteiger partial charge in [-0.15, -0.1) is 0 Å². The molecule has 5 nitrogen and oxygen atoms in total. The van der Waals surface area contributed by atoms with E-state index in [9.17, 15) is 15.0 Å². The Morgan fingerprint density at radius 1 is 1.17 bits per heavy atom. The third-order valence-corrected chi connectivity index (χ3v) is 3.61. The van der Waals surface area contributed by atoms with E-state index in [2.05, 4.69) is 19.9 Å². The number of rotatable bonds is 6. The zero-order valence-electron chi connectivity index (χ0n) is 14.1. The maximum atomic E-state index is 11.5. The summed E-state index contributed by atoms with van der Waals surface area (Å²) in [7, 11) is 0. The van der Waals surface area contributed by atoms with Gasteiger partial charge < -0.3 is 19.4 Å². The summed E-state index contributed by atoms with van der Waals surface area (Å²) in [6.45, 7) is 6.51. The molecule has 0 amide bonds. The molecule has 2 rings (SSSR count). The highest BCUT2D eigenvalue weighted by Gasteiger charge is 2.15. The van der Waals surface area contributed by atoms with Gasteiger partial charge in [-0.3, -0.25) is 0 Å². The molecule has 24 heavy (non-hydrogen) atoms. The molecule has 0 atom stereocenters. The lowest BCUT2D eigenvalue weighted by atomic mass is 10.1. The molecule has 0 aliphatic carbocycles. The third kappa shape index (κ3) is 4.19. The zero-order chi connectivity index (χ0) is 17.7. The molecule has 0 unspecified atom stereocenters. The smallest absolute Gasteiger partial charge is 0.382 e. The number of aromatic hydroxyl groups is 2. The van der Waals surface area contributed by atoms with E-state index in [1.165, 1.54) is 11.1 Å². The fraction of sp³-hybridized carbons (Fsp3) is 0.316. The fourth-order valence-electron chi connectivity index (χ4n) is 2.25. The van der Waals surface area contributed by atoms with E-state index in [-0.39, 0.29) is 11.0 Å². The summed E-state index contributed by atoms with van der Waals surface area (Å²) in [6, 6.07) is 4.84. The molecule has 0 saturated carbocycles. The molecule has 1 heterocycles. The first-order chi connectivity index (χ1) is 11.4. The average Bonchev–Trinajstić information content (AvgIpc) is 2.53. The van der Waals surface area contributed by atoms with Crippen LogP contribution in [0.2, 0.25) is 0 Å². The van der Waals surface area contributed by atoms with E-state index < -0.39 is 17.1 Å². The van der Waals surface area contributed by atoms with Crippen LogP contribution in [0.5, 0.6) is 17.2 Å². The quantitative estimate of drug-likeness (QED) is 0.610. The molecule has 0 aliphatic rings. The van der Waals surface area contributed by atoms with Crippen molar-refractivity contribution >= 4 is 11.0 Å². The van der Waals surface area contributed by atoms with Crippen LogP contribution in [-0.4, -0.2) is 16.8 Å². The summed E-state index contributed by atoms with van der Waals surface area (Å²) in [4.78, 5) is 11.5. The van der Waals surface area contributed by atoms with E-state index >= 15 is 0 Å². The van der Waals surface area contributed by atoms with Crippen LogP contribution in [0.4, 0.5) is 0 Å². The van der Waals surface area contributed by atoms with Gasteiger partial charge >= 0.3 is 5.63 Å². The van der Waals surface area contributed by atoms with Crippen LogP contribution < -0.4 is 10.4 Å². The third-order valence-electron chi connectivity index (χ3n) is 3.61. The van der Waals surface area contributed by atoms with E-state index in [0.717, 1.165) is 12.8 Å². The Morgan fingerprint density at radius 2 is 1.92 bits per heavy atom. The van der Waals surface area contributed by atoms with Gasteiger partial charge in [-0.2, -0.15) is 0 Å². The van der Waals surface area contributed by atoms with Gasteiger partial charge in [-0.05, 0) is 51.8 Å². The highest BCUT2D eigenvalue weighted by molar-refractivity contribution is 5.89.